The van der Waals surface area contributed by atoms with Crippen LogP contribution >= 0.6 is 32.9 Å². The summed E-state index contributed by atoms with van der Waals surface area (Å²) < 4.78 is 0. The smallest absolute Gasteiger partial charge is 0.000281 e. The van der Waals surface area contributed by atoms with Crippen molar-refractivity contribution in [3.8, 4) is 0 Å². The normalized spacial score (nSPS) is 5.14. The molecular weight excluding hydrogens is 222 g/mol. The predicted octanol–water partition coefficient (Wildman–Crippen LogP) is 1.81. The van der Waals surface area contributed by atoms with Gasteiger partial charge in [-0.05, 0) is 14.1 Å². The Morgan fingerprint density at radius 3 is 1.43 bits per heavy atom. The van der Waals surface area contributed by atoms with Gasteiger partial charge < -0.3 is 5.32 Å². The highest BCUT2D eigenvalue weighted by Crippen LogP contribution is 1.67. The highest BCUT2D eigenvalue weighted by Gasteiger charge is 1.38. The molecule has 7 heavy (non-hydrogen) atoms. The van der Waals surface area contributed by atoms with E-state index in [0.29, 0.717) is 0 Å². The number of alkyl halides is 1. The molecule has 0 unspecified atom stereocenters. The SMILES string of the molecule is Br.CCBr.CNC. The third-order valence-corrected chi connectivity index (χ3v) is 0. The van der Waals surface area contributed by atoms with Crippen LogP contribution in [0.1, 0.15) is 6.92 Å². The highest BCUT2D eigenvalue weighted by atomic mass is 79.9. The van der Waals surface area contributed by atoms with E-state index in [0.717, 1.165) is 5.33 Å². The van der Waals surface area contributed by atoms with Gasteiger partial charge in [-0.15, -0.1) is 17.0 Å². The first-order valence-corrected chi connectivity index (χ1v) is 3.10. The van der Waals surface area contributed by atoms with Crippen LogP contribution in [0.15, 0.2) is 0 Å². The zero-order chi connectivity index (χ0) is 5.41. The van der Waals surface area contributed by atoms with Gasteiger partial charge in [-0.1, -0.05) is 22.9 Å². The molecule has 0 bridgehead atoms. The topological polar surface area (TPSA) is 12.0 Å². The van der Waals surface area contributed by atoms with E-state index in [2.05, 4.69) is 21.2 Å². The van der Waals surface area contributed by atoms with Crippen LogP contribution in [0.4, 0.5) is 0 Å². The monoisotopic (exact) mass is 233 g/mol. The molecule has 3 heteroatoms. The van der Waals surface area contributed by atoms with Gasteiger partial charge in [0.1, 0.15) is 0 Å². The van der Waals surface area contributed by atoms with Gasteiger partial charge in [0.2, 0.25) is 0 Å². The minimum atomic E-state index is 0. The standard InChI is InChI=1S/C2H5Br.C2H7N.BrH/c1-2-3;1-3-2;/h2H2,1H3;3H,1-2H3;1H. The number of rotatable bonds is 0. The summed E-state index contributed by atoms with van der Waals surface area (Å²) in [4.78, 5) is 0. The molecule has 0 aliphatic heterocycles. The number of nitrogens with one attached hydrogen (secondary N) is 1. The summed E-state index contributed by atoms with van der Waals surface area (Å²) in [6.45, 7) is 2.04. The molecular formula is C4H13Br2N. The number of halogens is 2. The molecule has 0 heterocycles. The quantitative estimate of drug-likeness (QED) is 0.631. The van der Waals surface area contributed by atoms with Crippen LogP contribution in [0.5, 0.6) is 0 Å². The summed E-state index contributed by atoms with van der Waals surface area (Å²) in [6.07, 6.45) is 0. The molecule has 0 rings (SSSR count). The fraction of sp³-hybridized carbons (Fsp3) is 1.00. The Morgan fingerprint density at radius 1 is 1.43 bits per heavy atom. The molecule has 0 fully saturated rings. The summed E-state index contributed by atoms with van der Waals surface area (Å²) in [5.74, 6) is 0. The molecule has 0 aromatic heterocycles. The summed E-state index contributed by atoms with van der Waals surface area (Å²) in [7, 11) is 3.75. The zero-order valence-electron chi connectivity index (χ0n) is 4.99. The van der Waals surface area contributed by atoms with Crippen LogP contribution < -0.4 is 5.32 Å². The van der Waals surface area contributed by atoms with Crippen molar-refractivity contribution in [3.05, 3.63) is 0 Å². The molecule has 0 aromatic carbocycles. The van der Waals surface area contributed by atoms with Crippen LogP contribution in [0.25, 0.3) is 0 Å². The highest BCUT2D eigenvalue weighted by molar-refractivity contribution is 9.09. The van der Waals surface area contributed by atoms with Crippen molar-refractivity contribution >= 4 is 32.9 Å². The lowest BCUT2D eigenvalue weighted by Gasteiger charge is -1.59. The fourth-order valence-electron chi connectivity index (χ4n) is 0. The van der Waals surface area contributed by atoms with Crippen molar-refractivity contribution in [2.45, 2.75) is 6.92 Å². The van der Waals surface area contributed by atoms with Crippen LogP contribution in [0.2, 0.25) is 0 Å². The average Bonchev–Trinajstić information content (AvgIpc) is 1.39. The van der Waals surface area contributed by atoms with Gasteiger partial charge in [0.25, 0.3) is 0 Å². The van der Waals surface area contributed by atoms with E-state index in [4.69, 9.17) is 0 Å². The lowest BCUT2D eigenvalue weighted by atomic mass is 11.0. The van der Waals surface area contributed by atoms with Crippen LogP contribution in [0.3, 0.4) is 0 Å². The van der Waals surface area contributed by atoms with E-state index in [1.165, 1.54) is 0 Å². The molecule has 0 saturated carbocycles. The fourth-order valence-corrected chi connectivity index (χ4v) is 0. The minimum absolute atomic E-state index is 0. The van der Waals surface area contributed by atoms with E-state index in [1.54, 1.807) is 0 Å². The van der Waals surface area contributed by atoms with Crippen molar-refractivity contribution in [2.75, 3.05) is 19.4 Å². The average molecular weight is 235 g/mol. The third-order valence-electron chi connectivity index (χ3n) is 0. The molecule has 0 spiro atoms. The van der Waals surface area contributed by atoms with Crippen LogP contribution in [0, 0.1) is 0 Å². The molecule has 1 nitrogen and oxygen atoms in total. The van der Waals surface area contributed by atoms with Gasteiger partial charge in [0.05, 0.1) is 0 Å². The van der Waals surface area contributed by atoms with Crippen molar-refractivity contribution in [3.63, 3.8) is 0 Å². The first-order chi connectivity index (χ1) is 2.83. The van der Waals surface area contributed by atoms with E-state index in [9.17, 15) is 0 Å². The molecule has 0 radical (unpaired) electrons. The van der Waals surface area contributed by atoms with E-state index in [-0.39, 0.29) is 17.0 Å². The first-order valence-electron chi connectivity index (χ1n) is 1.97. The maximum atomic E-state index is 3.15. The van der Waals surface area contributed by atoms with E-state index in [1.807, 2.05) is 21.0 Å². The molecule has 0 saturated heterocycles. The third kappa shape index (κ3) is 198. The second kappa shape index (κ2) is 28.4. The van der Waals surface area contributed by atoms with Crippen molar-refractivity contribution < 1.29 is 0 Å². The van der Waals surface area contributed by atoms with Crippen molar-refractivity contribution in [2.24, 2.45) is 0 Å². The minimum Gasteiger partial charge on any atom is -0.323 e. The number of hydrogen-bond donors (Lipinski definition) is 1. The number of hydrogen-bond acceptors (Lipinski definition) is 1. The predicted molar refractivity (Wildman–Crippen MR) is 44.8 cm³/mol. The van der Waals surface area contributed by atoms with Crippen LogP contribution in [-0.2, 0) is 0 Å². The van der Waals surface area contributed by atoms with E-state index < -0.39 is 0 Å². The first kappa shape index (κ1) is 15.7. The Labute approximate surface area is 64.8 Å². The molecule has 0 aliphatic carbocycles. The maximum absolute atomic E-state index is 3.15. The summed E-state index contributed by atoms with van der Waals surface area (Å²) in [5, 5.41) is 3.81. The maximum Gasteiger partial charge on any atom is 0.000281 e. The zero-order valence-corrected chi connectivity index (χ0v) is 8.29. The van der Waals surface area contributed by atoms with Gasteiger partial charge >= 0.3 is 0 Å². The summed E-state index contributed by atoms with van der Waals surface area (Å²) in [5.41, 5.74) is 0. The van der Waals surface area contributed by atoms with Crippen LogP contribution in [-0.4, -0.2) is 19.4 Å². The van der Waals surface area contributed by atoms with Crippen molar-refractivity contribution in [1.82, 2.24) is 5.32 Å². The largest absolute Gasteiger partial charge is 0.323 e. The van der Waals surface area contributed by atoms with Gasteiger partial charge in [0, 0.05) is 5.33 Å². The second-order valence-corrected chi connectivity index (χ2v) is 1.89. The Hall–Kier alpha value is 0.920. The second-order valence-electron chi connectivity index (χ2n) is 0.767. The molecule has 0 aromatic rings. The van der Waals surface area contributed by atoms with Gasteiger partial charge in [-0.2, -0.15) is 0 Å². The lowest BCUT2D eigenvalue weighted by molar-refractivity contribution is 1.02. The molecule has 0 amide bonds. The van der Waals surface area contributed by atoms with Gasteiger partial charge in [-0.3, -0.25) is 0 Å². The van der Waals surface area contributed by atoms with Crippen molar-refractivity contribution in [1.29, 1.82) is 0 Å². The summed E-state index contributed by atoms with van der Waals surface area (Å²) in [6, 6.07) is 0. The molecule has 48 valence electrons. The molecule has 1 N–H and O–H groups in total. The Balaban J connectivity index is -0.0000000400. The Bertz CT molecular complexity index is 11.7. The van der Waals surface area contributed by atoms with E-state index >= 15 is 0 Å². The van der Waals surface area contributed by atoms with Gasteiger partial charge in [-0.25, -0.2) is 0 Å². The Kier molecular flexibility index (Phi) is 63.7. The van der Waals surface area contributed by atoms with Gasteiger partial charge in [0.15, 0.2) is 0 Å². The Morgan fingerprint density at radius 2 is 1.43 bits per heavy atom. The summed E-state index contributed by atoms with van der Waals surface area (Å²) >= 11 is 3.15. The lowest BCUT2D eigenvalue weighted by Crippen LogP contribution is -1.89. The molecule has 0 atom stereocenters. The molecule has 0 aliphatic rings.